The molecule has 0 atom stereocenters. The number of benzene rings is 2. The van der Waals surface area contributed by atoms with Crippen LogP contribution in [-0.4, -0.2) is 35.0 Å². The molecule has 0 amide bonds. The molecule has 0 bridgehead atoms. The number of hydrogen-bond donors (Lipinski definition) is 5. The van der Waals surface area contributed by atoms with Crippen LogP contribution in [0, 0.1) is 6.92 Å². The molecular formula is C18H15N3O4. The molecule has 25 heavy (non-hydrogen) atoms. The number of aromatic nitrogens is 3. The lowest BCUT2D eigenvalue weighted by atomic mass is 10.1. The number of phenolic OH excluding ortho intramolecular Hbond substituents is 2. The molecule has 4 rings (SSSR count). The first-order valence-electron chi connectivity index (χ1n) is 7.56. The molecule has 126 valence electrons. The van der Waals surface area contributed by atoms with Crippen LogP contribution in [0.5, 0.6) is 23.1 Å². The highest BCUT2D eigenvalue weighted by Gasteiger charge is 2.24. The number of imidazole rings is 1. The number of phenols is 2. The Bertz CT molecular complexity index is 1110. The predicted molar refractivity (Wildman–Crippen MR) is 92.3 cm³/mol. The van der Waals surface area contributed by atoms with E-state index in [0.717, 1.165) is 11.0 Å². The summed E-state index contributed by atoms with van der Waals surface area (Å²) < 4.78 is 1.44. The Balaban J connectivity index is 2.03. The Kier molecular flexibility index (Phi) is 3.11. The maximum absolute atomic E-state index is 10.4. The molecule has 2 heterocycles. The zero-order chi connectivity index (χ0) is 17.7. The second-order valence-corrected chi connectivity index (χ2v) is 5.79. The van der Waals surface area contributed by atoms with E-state index in [1.54, 1.807) is 31.5 Å². The van der Waals surface area contributed by atoms with Crippen molar-refractivity contribution in [3.8, 4) is 40.1 Å². The summed E-state index contributed by atoms with van der Waals surface area (Å²) in [7, 11) is 0. The standard InChI is InChI=1S/C18H15N3O4/c1-9-16(12-4-3-11(22)7-15(12)23)21(18(25)17(9)24)10-2-5-13-14(6-10)20-8-19-13/h2-8,22-25H,1H3,(H,19,20). The molecule has 0 fully saturated rings. The summed E-state index contributed by atoms with van der Waals surface area (Å²) in [6.07, 6.45) is 1.57. The predicted octanol–water partition coefficient (Wildman–Crippen LogP) is 3.15. The molecule has 4 aromatic rings. The van der Waals surface area contributed by atoms with Gasteiger partial charge in [0.15, 0.2) is 5.75 Å². The number of fused-ring (bicyclic) bond motifs is 1. The van der Waals surface area contributed by atoms with Crippen molar-refractivity contribution >= 4 is 11.0 Å². The summed E-state index contributed by atoms with van der Waals surface area (Å²) in [5.41, 5.74) is 3.32. The molecule has 5 N–H and O–H groups in total. The minimum atomic E-state index is -0.334. The molecule has 2 aromatic heterocycles. The number of H-pyrrole nitrogens is 1. The Hall–Kier alpha value is -3.61. The minimum Gasteiger partial charge on any atom is -0.508 e. The third-order valence-corrected chi connectivity index (χ3v) is 4.26. The lowest BCUT2D eigenvalue weighted by molar-refractivity contribution is 0.386. The highest BCUT2D eigenvalue weighted by Crippen LogP contribution is 2.45. The Morgan fingerprint density at radius 2 is 1.80 bits per heavy atom. The molecule has 0 saturated heterocycles. The van der Waals surface area contributed by atoms with E-state index < -0.39 is 0 Å². The third-order valence-electron chi connectivity index (χ3n) is 4.26. The van der Waals surface area contributed by atoms with Crippen LogP contribution in [0.1, 0.15) is 5.56 Å². The van der Waals surface area contributed by atoms with Crippen molar-refractivity contribution in [2.45, 2.75) is 6.92 Å². The number of nitrogens with zero attached hydrogens (tertiary/aromatic N) is 2. The van der Waals surface area contributed by atoms with Crippen LogP contribution in [0.2, 0.25) is 0 Å². The fourth-order valence-electron chi connectivity index (χ4n) is 3.02. The summed E-state index contributed by atoms with van der Waals surface area (Å²) in [4.78, 5) is 7.16. The average Bonchev–Trinajstić information content (AvgIpc) is 3.13. The third kappa shape index (κ3) is 2.17. The zero-order valence-corrected chi connectivity index (χ0v) is 13.2. The number of aromatic amines is 1. The van der Waals surface area contributed by atoms with Crippen molar-refractivity contribution in [1.29, 1.82) is 0 Å². The lowest BCUT2D eigenvalue weighted by Gasteiger charge is -2.13. The first-order valence-corrected chi connectivity index (χ1v) is 7.56. The van der Waals surface area contributed by atoms with Crippen LogP contribution in [0.4, 0.5) is 0 Å². The van der Waals surface area contributed by atoms with E-state index >= 15 is 0 Å². The molecule has 0 radical (unpaired) electrons. The van der Waals surface area contributed by atoms with E-state index in [0.29, 0.717) is 22.5 Å². The van der Waals surface area contributed by atoms with E-state index in [1.807, 2.05) is 0 Å². The van der Waals surface area contributed by atoms with Gasteiger partial charge in [0.05, 0.1) is 28.7 Å². The topological polar surface area (TPSA) is 115 Å². The zero-order valence-electron chi connectivity index (χ0n) is 13.2. The summed E-state index contributed by atoms with van der Waals surface area (Å²) in [5, 5.41) is 40.4. The van der Waals surface area contributed by atoms with Gasteiger partial charge in [0.2, 0.25) is 5.88 Å². The van der Waals surface area contributed by atoms with Crippen molar-refractivity contribution in [1.82, 2.24) is 14.5 Å². The van der Waals surface area contributed by atoms with Crippen molar-refractivity contribution in [3.63, 3.8) is 0 Å². The highest BCUT2D eigenvalue weighted by atomic mass is 16.3. The molecular weight excluding hydrogens is 322 g/mol. The fourth-order valence-corrected chi connectivity index (χ4v) is 3.02. The quantitative estimate of drug-likeness (QED) is 0.385. The van der Waals surface area contributed by atoms with Crippen molar-refractivity contribution in [2.75, 3.05) is 0 Å². The monoisotopic (exact) mass is 337 g/mol. The molecule has 0 saturated carbocycles. The molecule has 7 nitrogen and oxygen atoms in total. The number of hydrogen-bond acceptors (Lipinski definition) is 5. The second-order valence-electron chi connectivity index (χ2n) is 5.79. The highest BCUT2D eigenvalue weighted by molar-refractivity contribution is 5.81. The van der Waals surface area contributed by atoms with Crippen LogP contribution in [0.3, 0.4) is 0 Å². The minimum absolute atomic E-state index is 0.0793. The maximum Gasteiger partial charge on any atom is 0.240 e. The van der Waals surface area contributed by atoms with Gasteiger partial charge in [0.1, 0.15) is 11.5 Å². The first kappa shape index (κ1) is 14.9. The normalized spacial score (nSPS) is 11.2. The fraction of sp³-hybridized carbons (Fsp3) is 0.0556. The number of nitrogens with one attached hydrogen (secondary N) is 1. The van der Waals surface area contributed by atoms with Crippen molar-refractivity contribution in [3.05, 3.63) is 48.3 Å². The molecule has 0 unspecified atom stereocenters. The summed E-state index contributed by atoms with van der Waals surface area (Å²) >= 11 is 0. The summed E-state index contributed by atoms with van der Waals surface area (Å²) in [6, 6.07) is 9.48. The largest absolute Gasteiger partial charge is 0.508 e. The lowest BCUT2D eigenvalue weighted by Crippen LogP contribution is -1.97. The Labute approximate surface area is 142 Å². The number of rotatable bonds is 2. The van der Waals surface area contributed by atoms with Gasteiger partial charge in [0.25, 0.3) is 0 Å². The smallest absolute Gasteiger partial charge is 0.240 e. The molecule has 7 heteroatoms. The second kappa shape index (κ2) is 5.20. The van der Waals surface area contributed by atoms with E-state index in [2.05, 4.69) is 9.97 Å². The number of aromatic hydroxyl groups is 4. The van der Waals surface area contributed by atoms with Gasteiger partial charge < -0.3 is 25.4 Å². The van der Waals surface area contributed by atoms with Crippen molar-refractivity contribution < 1.29 is 20.4 Å². The Morgan fingerprint density at radius 1 is 1.00 bits per heavy atom. The summed E-state index contributed by atoms with van der Waals surface area (Å²) in [5.74, 6) is -0.847. The van der Waals surface area contributed by atoms with Gasteiger partial charge in [-0.05, 0) is 37.3 Å². The molecule has 0 aliphatic carbocycles. The average molecular weight is 337 g/mol. The van der Waals surface area contributed by atoms with Gasteiger partial charge in [-0.1, -0.05) is 0 Å². The van der Waals surface area contributed by atoms with Gasteiger partial charge in [-0.25, -0.2) is 4.98 Å². The van der Waals surface area contributed by atoms with E-state index in [1.165, 1.54) is 22.8 Å². The van der Waals surface area contributed by atoms with Gasteiger partial charge in [0, 0.05) is 17.2 Å². The van der Waals surface area contributed by atoms with Crippen LogP contribution in [-0.2, 0) is 0 Å². The van der Waals surface area contributed by atoms with Gasteiger partial charge in [-0.2, -0.15) is 0 Å². The van der Waals surface area contributed by atoms with Crippen LogP contribution in [0.25, 0.3) is 28.0 Å². The van der Waals surface area contributed by atoms with E-state index in [9.17, 15) is 20.4 Å². The first-order chi connectivity index (χ1) is 12.0. The SMILES string of the molecule is Cc1c(O)c(O)n(-c2ccc3nc[nH]c3c2)c1-c1ccc(O)cc1O. The summed E-state index contributed by atoms with van der Waals surface area (Å²) in [6.45, 7) is 1.64. The van der Waals surface area contributed by atoms with Gasteiger partial charge in [-0.3, -0.25) is 4.57 Å². The van der Waals surface area contributed by atoms with Crippen LogP contribution in [0.15, 0.2) is 42.7 Å². The molecule has 0 aliphatic rings. The van der Waals surface area contributed by atoms with Crippen LogP contribution < -0.4 is 0 Å². The Morgan fingerprint density at radius 3 is 2.56 bits per heavy atom. The van der Waals surface area contributed by atoms with Gasteiger partial charge >= 0.3 is 0 Å². The van der Waals surface area contributed by atoms with Crippen LogP contribution >= 0.6 is 0 Å². The molecule has 2 aromatic carbocycles. The maximum atomic E-state index is 10.4. The van der Waals surface area contributed by atoms with Gasteiger partial charge in [-0.15, -0.1) is 0 Å². The van der Waals surface area contributed by atoms with Crippen molar-refractivity contribution in [2.24, 2.45) is 0 Å². The van der Waals surface area contributed by atoms with E-state index in [4.69, 9.17) is 0 Å². The van der Waals surface area contributed by atoms with E-state index in [-0.39, 0.29) is 23.1 Å². The molecule has 0 spiro atoms. The molecule has 0 aliphatic heterocycles.